The van der Waals surface area contributed by atoms with Gasteiger partial charge in [0.2, 0.25) is 0 Å². The summed E-state index contributed by atoms with van der Waals surface area (Å²) in [5.41, 5.74) is -0.0791. The highest BCUT2D eigenvalue weighted by molar-refractivity contribution is 6.76. The van der Waals surface area contributed by atoms with Gasteiger partial charge in [-0.05, 0) is 39.8 Å². The van der Waals surface area contributed by atoms with Crippen LogP contribution >= 0.6 is 0 Å². The quantitative estimate of drug-likeness (QED) is 0.409. The van der Waals surface area contributed by atoms with Gasteiger partial charge in [0.05, 0.1) is 23.9 Å². The summed E-state index contributed by atoms with van der Waals surface area (Å²) < 4.78 is 24.1. The van der Waals surface area contributed by atoms with Crippen LogP contribution in [0.5, 0.6) is 0 Å². The number of ether oxygens (including phenoxy) is 2. The minimum absolute atomic E-state index is 0.189. The molecule has 146 valence electrons. The first-order valence-electron chi connectivity index (χ1n) is 8.96. The van der Waals surface area contributed by atoms with E-state index in [4.69, 9.17) is 18.8 Å². The summed E-state index contributed by atoms with van der Waals surface area (Å²) in [5, 5.41) is 4.48. The van der Waals surface area contributed by atoms with Crippen LogP contribution in [0.4, 0.5) is 0 Å². The third-order valence-corrected chi connectivity index (χ3v) is 6.60. The molecule has 9 heteroatoms. The monoisotopic (exact) mass is 382 g/mol. The summed E-state index contributed by atoms with van der Waals surface area (Å²) in [5.74, 6) is -0.464. The molecule has 1 fully saturated rings. The number of methoxy groups -OCH3 is 1. The summed E-state index contributed by atoms with van der Waals surface area (Å²) in [7, 11) is -0.457. The van der Waals surface area contributed by atoms with Crippen molar-refractivity contribution < 1.29 is 23.6 Å². The molecule has 2 rings (SSSR count). The lowest BCUT2D eigenvalue weighted by Gasteiger charge is -2.32. The Morgan fingerprint density at radius 3 is 2.31 bits per heavy atom. The fourth-order valence-electron chi connectivity index (χ4n) is 2.41. The molecule has 0 bridgehead atoms. The zero-order chi connectivity index (χ0) is 19.8. The number of hydrogen-bond donors (Lipinski definition) is 0. The zero-order valence-corrected chi connectivity index (χ0v) is 18.2. The van der Waals surface area contributed by atoms with Crippen LogP contribution in [-0.2, 0) is 25.5 Å². The summed E-state index contributed by atoms with van der Waals surface area (Å²) >= 11 is 0. The van der Waals surface area contributed by atoms with Gasteiger partial charge in [-0.15, -0.1) is 0 Å². The van der Waals surface area contributed by atoms with Crippen molar-refractivity contribution in [3.05, 3.63) is 11.8 Å². The molecule has 0 amide bonds. The Morgan fingerprint density at radius 2 is 1.81 bits per heavy atom. The fraction of sp³-hybridized carbons (Fsp3) is 0.765. The molecular formula is C17H31BN2O5Si. The van der Waals surface area contributed by atoms with Crippen molar-refractivity contribution in [3.63, 3.8) is 0 Å². The van der Waals surface area contributed by atoms with Crippen LogP contribution in [0.15, 0.2) is 6.07 Å². The first-order valence-corrected chi connectivity index (χ1v) is 12.7. The minimum Gasteiger partial charge on any atom is -0.464 e. The SMILES string of the molecule is COC(=O)c1cc(B2OC(C)(C)C(C)(C)O2)nn1COCC[Si](C)(C)C. The number of esters is 1. The molecule has 0 saturated carbocycles. The minimum atomic E-state index is -1.17. The van der Waals surface area contributed by atoms with Gasteiger partial charge >= 0.3 is 13.1 Å². The zero-order valence-electron chi connectivity index (χ0n) is 17.2. The molecule has 7 nitrogen and oxygen atoms in total. The smallest absolute Gasteiger partial charge is 0.464 e. The lowest BCUT2D eigenvalue weighted by atomic mass is 9.85. The standard InChI is InChI=1S/C17H31BN2O5Si/c1-16(2)17(3,4)25-18(24-16)14-11-13(15(21)22-5)20(19-14)12-23-9-10-26(6,7)8/h11H,9-10,12H2,1-8H3. The van der Waals surface area contributed by atoms with Crippen molar-refractivity contribution in [1.82, 2.24) is 9.78 Å². The second-order valence-electron chi connectivity index (χ2n) is 8.88. The normalized spacial score (nSPS) is 19.0. The van der Waals surface area contributed by atoms with E-state index in [1.165, 1.54) is 11.8 Å². The molecule has 1 saturated heterocycles. The molecule has 0 aromatic carbocycles. The lowest BCUT2D eigenvalue weighted by molar-refractivity contribution is 0.00578. The van der Waals surface area contributed by atoms with Crippen LogP contribution in [0, 0.1) is 0 Å². The van der Waals surface area contributed by atoms with E-state index < -0.39 is 32.4 Å². The maximum absolute atomic E-state index is 12.1. The van der Waals surface area contributed by atoms with Gasteiger partial charge in [0, 0.05) is 14.7 Å². The summed E-state index contributed by atoms with van der Waals surface area (Å²) in [4.78, 5) is 12.1. The van der Waals surface area contributed by atoms with Crippen molar-refractivity contribution >= 4 is 26.8 Å². The van der Waals surface area contributed by atoms with E-state index in [0.29, 0.717) is 17.9 Å². The van der Waals surface area contributed by atoms with Gasteiger partial charge in [0.1, 0.15) is 12.4 Å². The van der Waals surface area contributed by atoms with Gasteiger partial charge in [-0.2, -0.15) is 5.10 Å². The van der Waals surface area contributed by atoms with E-state index in [0.717, 1.165) is 6.04 Å². The number of carbonyl (C=O) groups excluding carboxylic acids is 1. The predicted octanol–water partition coefficient (Wildman–Crippen LogP) is 2.28. The van der Waals surface area contributed by atoms with E-state index in [9.17, 15) is 4.79 Å². The summed E-state index contributed by atoms with van der Waals surface area (Å²) in [6.07, 6.45) is 0. The topological polar surface area (TPSA) is 71.8 Å². The Kier molecular flexibility index (Phi) is 6.07. The second kappa shape index (κ2) is 7.46. The van der Waals surface area contributed by atoms with Crippen LogP contribution in [0.2, 0.25) is 25.7 Å². The van der Waals surface area contributed by atoms with Gasteiger partial charge in [-0.3, -0.25) is 0 Å². The fourth-order valence-corrected chi connectivity index (χ4v) is 3.17. The lowest BCUT2D eigenvalue weighted by Crippen LogP contribution is -2.41. The number of aromatic nitrogens is 2. The first-order chi connectivity index (χ1) is 11.9. The molecule has 0 aliphatic carbocycles. The predicted molar refractivity (Wildman–Crippen MR) is 103 cm³/mol. The van der Waals surface area contributed by atoms with E-state index in [-0.39, 0.29) is 6.73 Å². The van der Waals surface area contributed by atoms with Gasteiger partial charge in [-0.25, -0.2) is 9.48 Å². The van der Waals surface area contributed by atoms with E-state index in [1.54, 1.807) is 6.07 Å². The molecule has 2 heterocycles. The van der Waals surface area contributed by atoms with Crippen molar-refractivity contribution in [2.24, 2.45) is 0 Å². The molecule has 1 aliphatic rings. The average Bonchev–Trinajstić information content (AvgIpc) is 3.01. The molecule has 0 atom stereocenters. The highest BCUT2D eigenvalue weighted by Gasteiger charge is 2.53. The van der Waals surface area contributed by atoms with E-state index >= 15 is 0 Å². The highest BCUT2D eigenvalue weighted by Crippen LogP contribution is 2.36. The Morgan fingerprint density at radius 1 is 1.23 bits per heavy atom. The average molecular weight is 382 g/mol. The highest BCUT2D eigenvalue weighted by atomic mass is 28.3. The van der Waals surface area contributed by atoms with Gasteiger partial charge in [0.25, 0.3) is 0 Å². The molecule has 1 aromatic rings. The van der Waals surface area contributed by atoms with E-state index in [1.807, 2.05) is 27.7 Å². The number of nitrogens with zero attached hydrogens (tertiary/aromatic N) is 2. The number of hydrogen-bond acceptors (Lipinski definition) is 6. The molecule has 0 N–H and O–H groups in total. The van der Waals surface area contributed by atoms with Crippen molar-refractivity contribution in [2.45, 2.75) is 71.3 Å². The molecule has 0 radical (unpaired) electrons. The maximum atomic E-state index is 12.1. The third kappa shape index (κ3) is 4.76. The Balaban J connectivity index is 2.15. The molecule has 0 spiro atoms. The van der Waals surface area contributed by atoms with Crippen LogP contribution in [0.1, 0.15) is 38.2 Å². The number of carbonyl (C=O) groups is 1. The van der Waals surface area contributed by atoms with Gasteiger partial charge < -0.3 is 18.8 Å². The Labute approximate surface area is 157 Å². The van der Waals surface area contributed by atoms with Crippen molar-refractivity contribution in [2.75, 3.05) is 13.7 Å². The second-order valence-corrected chi connectivity index (χ2v) is 14.5. The van der Waals surface area contributed by atoms with Crippen molar-refractivity contribution in [1.29, 1.82) is 0 Å². The van der Waals surface area contributed by atoms with Gasteiger partial charge in [0.15, 0.2) is 0 Å². The molecule has 0 unspecified atom stereocenters. The van der Waals surface area contributed by atoms with Gasteiger partial charge in [-0.1, -0.05) is 19.6 Å². The van der Waals surface area contributed by atoms with Crippen molar-refractivity contribution in [3.8, 4) is 0 Å². The Hall–Kier alpha value is -1.16. The van der Waals surface area contributed by atoms with Crippen LogP contribution in [0.25, 0.3) is 0 Å². The maximum Gasteiger partial charge on any atom is 0.516 e. The van der Waals surface area contributed by atoms with Crippen LogP contribution < -0.4 is 5.59 Å². The molecule has 1 aromatic heterocycles. The molecule has 26 heavy (non-hydrogen) atoms. The molecular weight excluding hydrogens is 351 g/mol. The van der Waals surface area contributed by atoms with Crippen LogP contribution in [0.3, 0.4) is 0 Å². The van der Waals surface area contributed by atoms with Crippen LogP contribution in [-0.4, -0.2) is 55.9 Å². The Bertz CT molecular complexity index is 638. The third-order valence-electron chi connectivity index (χ3n) is 4.90. The first kappa shape index (κ1) is 21.1. The molecule has 1 aliphatic heterocycles. The van der Waals surface area contributed by atoms with E-state index in [2.05, 4.69) is 24.7 Å². The largest absolute Gasteiger partial charge is 0.516 e. The number of rotatable bonds is 7. The summed E-state index contributed by atoms with van der Waals surface area (Å²) in [6, 6.07) is 2.70. The summed E-state index contributed by atoms with van der Waals surface area (Å²) in [6.45, 7) is 15.6.